The molecule has 0 atom stereocenters. The van der Waals surface area contributed by atoms with E-state index in [2.05, 4.69) is 4.98 Å². The molecule has 146 valence electrons. The van der Waals surface area contributed by atoms with Crippen molar-refractivity contribution in [3.05, 3.63) is 81.0 Å². The fraction of sp³-hybridized carbons (Fsp3) is 0.227. The van der Waals surface area contributed by atoms with Crippen LogP contribution in [0.4, 0.5) is 5.69 Å². The smallest absolute Gasteiger partial charge is 0.339 e. The molecule has 0 aliphatic heterocycles. The van der Waals surface area contributed by atoms with Gasteiger partial charge in [0.2, 0.25) is 5.78 Å². The number of nitro groups is 1. The third kappa shape index (κ3) is 3.71. The lowest BCUT2D eigenvalue weighted by Gasteiger charge is -2.19. The quantitative estimate of drug-likeness (QED) is 0.282. The molecule has 0 N–H and O–H groups in total. The SMILES string of the molecule is O=C(COC(=O)c1c2c(nc3ccccc13)CCCC2)c1cccc([N+](=O)[O-])c1. The van der Waals surface area contributed by atoms with Gasteiger partial charge < -0.3 is 4.74 Å². The van der Waals surface area contributed by atoms with Crippen molar-refractivity contribution in [3.63, 3.8) is 0 Å². The summed E-state index contributed by atoms with van der Waals surface area (Å²) in [5.74, 6) is -1.06. The molecule has 1 heterocycles. The second-order valence-electron chi connectivity index (χ2n) is 6.94. The summed E-state index contributed by atoms with van der Waals surface area (Å²) < 4.78 is 5.33. The average Bonchev–Trinajstić information content (AvgIpc) is 2.75. The topological polar surface area (TPSA) is 99.4 Å². The van der Waals surface area contributed by atoms with E-state index in [9.17, 15) is 19.7 Å². The maximum absolute atomic E-state index is 12.9. The van der Waals surface area contributed by atoms with Crippen molar-refractivity contribution in [1.29, 1.82) is 0 Å². The van der Waals surface area contributed by atoms with Crippen LogP contribution in [0.25, 0.3) is 10.9 Å². The summed E-state index contributed by atoms with van der Waals surface area (Å²) in [4.78, 5) is 40.3. The zero-order valence-corrected chi connectivity index (χ0v) is 15.6. The number of pyridine rings is 1. The largest absolute Gasteiger partial charge is 0.454 e. The van der Waals surface area contributed by atoms with Crippen LogP contribution in [0.1, 0.15) is 44.8 Å². The molecule has 4 rings (SSSR count). The summed E-state index contributed by atoms with van der Waals surface area (Å²) in [6, 6.07) is 12.8. The number of esters is 1. The van der Waals surface area contributed by atoms with E-state index in [4.69, 9.17) is 4.74 Å². The predicted octanol–water partition coefficient (Wildman–Crippen LogP) is 4.06. The fourth-order valence-electron chi connectivity index (χ4n) is 3.69. The lowest BCUT2D eigenvalue weighted by molar-refractivity contribution is -0.384. The Labute approximate surface area is 166 Å². The number of aryl methyl sites for hydroxylation is 1. The summed E-state index contributed by atoms with van der Waals surface area (Å²) in [5, 5.41) is 11.6. The summed E-state index contributed by atoms with van der Waals surface area (Å²) in [6.45, 7) is -0.481. The second-order valence-corrected chi connectivity index (χ2v) is 6.94. The number of rotatable bonds is 5. The van der Waals surface area contributed by atoms with E-state index in [1.54, 1.807) is 0 Å². The zero-order chi connectivity index (χ0) is 20.4. The summed E-state index contributed by atoms with van der Waals surface area (Å²) in [7, 11) is 0. The molecule has 0 bridgehead atoms. The first-order chi connectivity index (χ1) is 14.0. The van der Waals surface area contributed by atoms with Gasteiger partial charge in [0.15, 0.2) is 6.61 Å². The van der Waals surface area contributed by atoms with Crippen LogP contribution in [-0.4, -0.2) is 28.3 Å². The molecular weight excluding hydrogens is 372 g/mol. The Morgan fingerprint density at radius 2 is 1.86 bits per heavy atom. The molecule has 7 nitrogen and oxygen atoms in total. The Morgan fingerprint density at radius 3 is 2.69 bits per heavy atom. The first-order valence-corrected chi connectivity index (χ1v) is 9.40. The van der Waals surface area contributed by atoms with Gasteiger partial charge in [0.05, 0.1) is 16.0 Å². The molecule has 1 aliphatic rings. The minimum atomic E-state index is -0.571. The van der Waals surface area contributed by atoms with E-state index >= 15 is 0 Å². The van der Waals surface area contributed by atoms with E-state index in [0.717, 1.165) is 42.5 Å². The van der Waals surface area contributed by atoms with Crippen molar-refractivity contribution in [2.24, 2.45) is 0 Å². The lowest BCUT2D eigenvalue weighted by atomic mass is 9.90. The molecule has 2 aromatic carbocycles. The highest BCUT2D eigenvalue weighted by Gasteiger charge is 2.24. The molecule has 1 aliphatic carbocycles. The first kappa shape index (κ1) is 18.7. The monoisotopic (exact) mass is 390 g/mol. The van der Waals surface area contributed by atoms with Crippen molar-refractivity contribution in [2.75, 3.05) is 6.61 Å². The molecule has 0 radical (unpaired) electrons. The highest BCUT2D eigenvalue weighted by molar-refractivity contribution is 6.06. The molecule has 0 saturated carbocycles. The van der Waals surface area contributed by atoms with Gasteiger partial charge in [-0.2, -0.15) is 0 Å². The van der Waals surface area contributed by atoms with Crippen LogP contribution >= 0.6 is 0 Å². The van der Waals surface area contributed by atoms with Crippen molar-refractivity contribution in [1.82, 2.24) is 4.98 Å². The van der Waals surface area contributed by atoms with E-state index < -0.39 is 23.3 Å². The number of aromatic nitrogens is 1. The number of hydrogen-bond donors (Lipinski definition) is 0. The standard InChI is InChI=1S/C22H18N2O5/c25-20(14-6-5-7-15(12-14)24(27)28)13-29-22(26)21-16-8-1-3-10-18(16)23-19-11-4-2-9-17(19)21/h1,3,5-8,10,12H,2,4,9,11,13H2. The average molecular weight is 390 g/mol. The van der Waals surface area contributed by atoms with Crippen molar-refractivity contribution in [2.45, 2.75) is 25.7 Å². The molecule has 0 spiro atoms. The predicted molar refractivity (Wildman–Crippen MR) is 106 cm³/mol. The molecule has 29 heavy (non-hydrogen) atoms. The number of Topliss-reactive ketones (excluding diaryl/α,β-unsaturated/α-hetero) is 1. The number of benzene rings is 2. The molecule has 0 amide bonds. The van der Waals surface area contributed by atoms with E-state index in [1.807, 2.05) is 24.3 Å². The number of carbonyl (C=O) groups excluding carboxylic acids is 2. The molecule has 0 saturated heterocycles. The van der Waals surface area contributed by atoms with E-state index in [-0.39, 0.29) is 11.3 Å². The zero-order valence-electron chi connectivity index (χ0n) is 15.6. The number of para-hydroxylation sites is 1. The normalized spacial score (nSPS) is 13.0. The summed E-state index contributed by atoms with van der Waals surface area (Å²) >= 11 is 0. The molecule has 0 fully saturated rings. The van der Waals surface area contributed by atoms with Crippen LogP contribution in [-0.2, 0) is 17.6 Å². The Balaban J connectivity index is 1.61. The van der Waals surface area contributed by atoms with Crippen LogP contribution < -0.4 is 0 Å². The summed E-state index contributed by atoms with van der Waals surface area (Å²) in [6.07, 6.45) is 3.56. The van der Waals surface area contributed by atoms with Gasteiger partial charge in [0, 0.05) is 28.8 Å². The van der Waals surface area contributed by atoms with Crippen LogP contribution in [0.2, 0.25) is 0 Å². The Morgan fingerprint density at radius 1 is 1.07 bits per heavy atom. The van der Waals surface area contributed by atoms with Gasteiger partial charge in [0.25, 0.3) is 5.69 Å². The van der Waals surface area contributed by atoms with Crippen LogP contribution in [0.3, 0.4) is 0 Å². The Hall–Kier alpha value is -3.61. The number of ketones is 1. The lowest BCUT2D eigenvalue weighted by Crippen LogP contribution is -2.19. The Kier molecular flexibility index (Phi) is 5.03. The number of nitro benzene ring substituents is 1. The van der Waals surface area contributed by atoms with Gasteiger partial charge in [-0.05, 0) is 37.3 Å². The van der Waals surface area contributed by atoms with Crippen molar-refractivity contribution < 1.29 is 19.2 Å². The van der Waals surface area contributed by atoms with Gasteiger partial charge >= 0.3 is 5.97 Å². The Bertz CT molecular complexity index is 1140. The minimum Gasteiger partial charge on any atom is -0.454 e. The van der Waals surface area contributed by atoms with Crippen LogP contribution in [0.5, 0.6) is 0 Å². The van der Waals surface area contributed by atoms with Gasteiger partial charge in [0.1, 0.15) is 0 Å². The van der Waals surface area contributed by atoms with Crippen LogP contribution in [0.15, 0.2) is 48.5 Å². The molecule has 3 aromatic rings. The van der Waals surface area contributed by atoms with Gasteiger partial charge in [-0.1, -0.05) is 30.3 Å². The highest BCUT2D eigenvalue weighted by atomic mass is 16.6. The minimum absolute atomic E-state index is 0.133. The molecule has 0 unspecified atom stereocenters. The number of hydrogen-bond acceptors (Lipinski definition) is 6. The fourth-order valence-corrected chi connectivity index (χ4v) is 3.69. The number of non-ortho nitro benzene ring substituents is 1. The molecule has 7 heteroatoms. The van der Waals surface area contributed by atoms with E-state index in [1.165, 1.54) is 24.3 Å². The maximum Gasteiger partial charge on any atom is 0.339 e. The molecule has 1 aromatic heterocycles. The number of carbonyl (C=O) groups is 2. The first-order valence-electron chi connectivity index (χ1n) is 9.40. The third-order valence-electron chi connectivity index (χ3n) is 5.09. The van der Waals surface area contributed by atoms with Gasteiger partial charge in [-0.15, -0.1) is 0 Å². The van der Waals surface area contributed by atoms with Gasteiger partial charge in [-0.3, -0.25) is 19.9 Å². The van der Waals surface area contributed by atoms with Crippen molar-refractivity contribution >= 4 is 28.3 Å². The summed E-state index contributed by atoms with van der Waals surface area (Å²) in [5.41, 5.74) is 2.95. The third-order valence-corrected chi connectivity index (χ3v) is 5.09. The second kappa shape index (κ2) is 7.79. The van der Waals surface area contributed by atoms with Crippen LogP contribution in [0, 0.1) is 10.1 Å². The number of ether oxygens (including phenoxy) is 1. The highest BCUT2D eigenvalue weighted by Crippen LogP contribution is 2.29. The number of fused-ring (bicyclic) bond motifs is 2. The van der Waals surface area contributed by atoms with E-state index in [0.29, 0.717) is 10.9 Å². The number of nitrogens with zero attached hydrogens (tertiary/aromatic N) is 2. The van der Waals surface area contributed by atoms with Gasteiger partial charge in [-0.25, -0.2) is 4.79 Å². The molecular formula is C22H18N2O5. The van der Waals surface area contributed by atoms with Crippen molar-refractivity contribution in [3.8, 4) is 0 Å². The maximum atomic E-state index is 12.9.